The molecule has 0 spiro atoms. The van der Waals surface area contributed by atoms with Crippen LogP contribution in [0.2, 0.25) is 5.02 Å². The molecule has 0 fully saturated rings. The summed E-state index contributed by atoms with van der Waals surface area (Å²) < 4.78 is 38.5. The lowest BCUT2D eigenvalue weighted by Crippen LogP contribution is -2.43. The second-order valence-electron chi connectivity index (χ2n) is 5.77. The summed E-state index contributed by atoms with van der Waals surface area (Å²) >= 11 is 5.86. The number of anilines is 1. The largest absolute Gasteiger partial charge is 0.402 e. The van der Waals surface area contributed by atoms with Crippen LogP contribution in [-0.2, 0) is 4.79 Å². The van der Waals surface area contributed by atoms with Crippen molar-refractivity contribution in [1.29, 1.82) is 0 Å². The molecule has 0 aliphatic heterocycles. The summed E-state index contributed by atoms with van der Waals surface area (Å²) in [7, 11) is 0. The van der Waals surface area contributed by atoms with Gasteiger partial charge in [-0.05, 0) is 44.2 Å². The van der Waals surface area contributed by atoms with Crippen molar-refractivity contribution in [3.63, 3.8) is 0 Å². The summed E-state index contributed by atoms with van der Waals surface area (Å²) in [6.07, 6.45) is -3.28. The topological polar surface area (TPSA) is 42.0 Å². The van der Waals surface area contributed by atoms with Gasteiger partial charge in [0.05, 0.1) is 0 Å². The minimum Gasteiger partial charge on any atom is -0.310 e. The van der Waals surface area contributed by atoms with Crippen molar-refractivity contribution in [2.75, 3.05) is 5.32 Å². The van der Waals surface area contributed by atoms with Crippen LogP contribution in [0.4, 0.5) is 19.0 Å². The quantitative estimate of drug-likeness (QED) is 0.785. The van der Waals surface area contributed by atoms with Crippen LogP contribution in [0, 0.1) is 17.3 Å². The smallest absolute Gasteiger partial charge is 0.310 e. The van der Waals surface area contributed by atoms with E-state index >= 15 is 0 Å². The summed E-state index contributed by atoms with van der Waals surface area (Å²) in [5.41, 5.74) is -1.25. The fraction of sp³-hybridized carbons (Fsp3) is 0.222. The maximum absolute atomic E-state index is 12.8. The van der Waals surface area contributed by atoms with Gasteiger partial charge in [0.15, 0.2) is 0 Å². The SMILES string of the molecule is CC(C)(C(=O)Nc1ccc(C#Cc2cccc(Cl)c2)cn1)C(F)(F)F. The third-order valence-corrected chi connectivity index (χ3v) is 3.69. The molecule has 0 saturated heterocycles. The van der Waals surface area contributed by atoms with Gasteiger partial charge in [0.2, 0.25) is 5.91 Å². The summed E-state index contributed by atoms with van der Waals surface area (Å²) in [6.45, 7) is 1.63. The highest BCUT2D eigenvalue weighted by atomic mass is 35.5. The molecule has 1 amide bonds. The average Bonchev–Trinajstić information content (AvgIpc) is 2.53. The molecule has 2 rings (SSSR count). The fourth-order valence-corrected chi connectivity index (χ4v) is 1.84. The van der Waals surface area contributed by atoms with Crippen molar-refractivity contribution in [2.45, 2.75) is 20.0 Å². The number of hydrogen-bond donors (Lipinski definition) is 1. The Morgan fingerprint density at radius 1 is 1.12 bits per heavy atom. The first-order valence-corrected chi connectivity index (χ1v) is 7.59. The molecule has 25 heavy (non-hydrogen) atoms. The molecule has 2 aromatic rings. The van der Waals surface area contributed by atoms with E-state index in [0.29, 0.717) is 10.6 Å². The molecule has 0 aliphatic rings. The Labute approximate surface area is 148 Å². The standard InChI is InChI=1S/C18H14ClF3N2O/c1-17(2,18(20,21)22)16(25)24-15-9-8-13(11-23-15)7-6-12-4-3-5-14(19)10-12/h3-5,8-11H,1-2H3,(H,23,24,25). The van der Waals surface area contributed by atoms with Gasteiger partial charge in [0.25, 0.3) is 0 Å². The first-order chi connectivity index (χ1) is 11.6. The van der Waals surface area contributed by atoms with Gasteiger partial charge < -0.3 is 5.32 Å². The van der Waals surface area contributed by atoms with Gasteiger partial charge in [0, 0.05) is 22.3 Å². The molecule has 1 aromatic carbocycles. The van der Waals surface area contributed by atoms with Crippen LogP contribution in [0.1, 0.15) is 25.0 Å². The zero-order chi connectivity index (χ0) is 18.7. The Morgan fingerprint density at radius 2 is 1.80 bits per heavy atom. The molecule has 7 heteroatoms. The van der Waals surface area contributed by atoms with Crippen LogP contribution in [0.15, 0.2) is 42.6 Å². The van der Waals surface area contributed by atoms with Gasteiger partial charge in [-0.1, -0.05) is 29.5 Å². The number of alkyl halides is 3. The zero-order valence-corrected chi connectivity index (χ0v) is 14.2. The lowest BCUT2D eigenvalue weighted by atomic mass is 9.91. The summed E-state index contributed by atoms with van der Waals surface area (Å²) in [5, 5.41) is 2.73. The van der Waals surface area contributed by atoms with Crippen LogP contribution in [0.25, 0.3) is 0 Å². The molecular formula is C18H14ClF3N2O. The van der Waals surface area contributed by atoms with Crippen molar-refractivity contribution >= 4 is 23.3 Å². The number of halogens is 4. The van der Waals surface area contributed by atoms with Crippen molar-refractivity contribution < 1.29 is 18.0 Å². The van der Waals surface area contributed by atoms with Crippen molar-refractivity contribution in [1.82, 2.24) is 4.98 Å². The van der Waals surface area contributed by atoms with E-state index in [4.69, 9.17) is 11.6 Å². The molecule has 1 heterocycles. The first kappa shape index (κ1) is 18.8. The highest BCUT2D eigenvalue weighted by Gasteiger charge is 2.53. The van der Waals surface area contributed by atoms with Gasteiger partial charge in [-0.3, -0.25) is 4.79 Å². The normalized spacial score (nSPS) is 11.4. The van der Waals surface area contributed by atoms with Gasteiger partial charge >= 0.3 is 6.18 Å². The van der Waals surface area contributed by atoms with Crippen LogP contribution in [0.3, 0.4) is 0 Å². The highest BCUT2D eigenvalue weighted by Crippen LogP contribution is 2.38. The first-order valence-electron chi connectivity index (χ1n) is 7.21. The van der Waals surface area contributed by atoms with E-state index in [1.807, 2.05) is 0 Å². The summed E-state index contributed by atoms with van der Waals surface area (Å²) in [6, 6.07) is 9.95. The molecule has 130 valence electrons. The molecule has 0 radical (unpaired) electrons. The van der Waals surface area contributed by atoms with Gasteiger partial charge in [-0.2, -0.15) is 13.2 Å². The number of carbonyl (C=O) groups is 1. The van der Waals surface area contributed by atoms with E-state index in [1.54, 1.807) is 30.3 Å². The number of rotatable bonds is 2. The molecule has 0 saturated carbocycles. The molecule has 0 bridgehead atoms. The monoisotopic (exact) mass is 366 g/mol. The number of aromatic nitrogens is 1. The minimum atomic E-state index is -4.65. The van der Waals surface area contributed by atoms with Gasteiger partial charge in [-0.25, -0.2) is 4.98 Å². The van der Waals surface area contributed by atoms with Crippen LogP contribution in [-0.4, -0.2) is 17.1 Å². The van der Waals surface area contributed by atoms with Crippen molar-refractivity contribution in [3.8, 4) is 11.8 Å². The number of hydrogen-bond acceptors (Lipinski definition) is 2. The number of amides is 1. The van der Waals surface area contributed by atoms with Gasteiger partial charge in [-0.15, -0.1) is 0 Å². The van der Waals surface area contributed by atoms with E-state index in [1.165, 1.54) is 12.3 Å². The number of carbonyl (C=O) groups excluding carboxylic acids is 1. The third kappa shape index (κ3) is 4.74. The lowest BCUT2D eigenvalue weighted by Gasteiger charge is -2.25. The van der Waals surface area contributed by atoms with E-state index < -0.39 is 17.5 Å². The molecule has 3 nitrogen and oxygen atoms in total. The number of pyridine rings is 1. The number of nitrogens with one attached hydrogen (secondary N) is 1. The zero-order valence-electron chi connectivity index (χ0n) is 13.4. The van der Waals surface area contributed by atoms with Crippen molar-refractivity contribution in [3.05, 3.63) is 58.7 Å². The fourth-order valence-electron chi connectivity index (χ4n) is 1.65. The third-order valence-electron chi connectivity index (χ3n) is 3.46. The second kappa shape index (κ2) is 7.16. The van der Waals surface area contributed by atoms with Gasteiger partial charge in [0.1, 0.15) is 11.2 Å². The van der Waals surface area contributed by atoms with E-state index in [9.17, 15) is 18.0 Å². The lowest BCUT2D eigenvalue weighted by molar-refractivity contribution is -0.208. The second-order valence-corrected chi connectivity index (χ2v) is 6.21. The molecule has 0 aliphatic carbocycles. The average molecular weight is 367 g/mol. The van der Waals surface area contributed by atoms with Crippen LogP contribution in [0.5, 0.6) is 0 Å². The molecule has 1 aromatic heterocycles. The molecular weight excluding hydrogens is 353 g/mol. The van der Waals surface area contributed by atoms with Crippen LogP contribution < -0.4 is 5.32 Å². The van der Waals surface area contributed by atoms with E-state index in [2.05, 4.69) is 22.1 Å². The predicted octanol–water partition coefficient (Wildman–Crippen LogP) is 4.66. The highest BCUT2D eigenvalue weighted by molar-refractivity contribution is 6.30. The number of nitrogens with zero attached hydrogens (tertiary/aromatic N) is 1. The Morgan fingerprint density at radius 3 is 2.36 bits per heavy atom. The summed E-state index contributed by atoms with van der Waals surface area (Å²) in [5.74, 6) is 4.60. The Hall–Kier alpha value is -2.52. The van der Waals surface area contributed by atoms with Crippen molar-refractivity contribution in [2.24, 2.45) is 5.41 Å². The summed E-state index contributed by atoms with van der Waals surface area (Å²) in [4.78, 5) is 15.7. The van der Waals surface area contributed by atoms with E-state index in [0.717, 1.165) is 19.4 Å². The van der Waals surface area contributed by atoms with Crippen LogP contribution >= 0.6 is 11.6 Å². The number of benzene rings is 1. The molecule has 0 unspecified atom stereocenters. The minimum absolute atomic E-state index is 0.0237. The Bertz CT molecular complexity index is 834. The maximum atomic E-state index is 12.8. The Kier molecular flexibility index (Phi) is 5.39. The van der Waals surface area contributed by atoms with E-state index in [-0.39, 0.29) is 5.82 Å². The Balaban J connectivity index is 2.10. The maximum Gasteiger partial charge on any atom is 0.402 e. The predicted molar refractivity (Wildman–Crippen MR) is 90.1 cm³/mol. The molecule has 0 atom stereocenters. The molecule has 1 N–H and O–H groups in total.